The third-order valence-corrected chi connectivity index (χ3v) is 7.48. The summed E-state index contributed by atoms with van der Waals surface area (Å²) in [6, 6.07) is -1.27. The Bertz CT molecular complexity index is 794. The van der Waals surface area contributed by atoms with Crippen LogP contribution in [0.3, 0.4) is 0 Å². The molecular formula is C26H47N5O6. The van der Waals surface area contributed by atoms with Gasteiger partial charge in [0.2, 0.25) is 0 Å². The van der Waals surface area contributed by atoms with Crippen LogP contribution in [0.5, 0.6) is 0 Å². The van der Waals surface area contributed by atoms with Crippen LogP contribution >= 0.6 is 0 Å². The van der Waals surface area contributed by atoms with Crippen molar-refractivity contribution < 1.29 is 28.7 Å². The van der Waals surface area contributed by atoms with Crippen LogP contribution in [0.25, 0.3) is 0 Å². The summed E-state index contributed by atoms with van der Waals surface area (Å²) in [7, 11) is 2.68. The molecule has 212 valence electrons. The number of nitrogens with one attached hydrogen (secondary N) is 5. The third-order valence-electron chi connectivity index (χ3n) is 7.48. The number of amides is 6. The lowest BCUT2D eigenvalue weighted by molar-refractivity contribution is 0.0689. The fourth-order valence-electron chi connectivity index (χ4n) is 6.97. The van der Waals surface area contributed by atoms with Gasteiger partial charge < -0.3 is 30.7 Å². The van der Waals surface area contributed by atoms with Crippen molar-refractivity contribution in [2.24, 2.45) is 21.7 Å². The summed E-state index contributed by atoms with van der Waals surface area (Å²) in [5.41, 5.74) is -0.579. The lowest BCUT2D eigenvalue weighted by Crippen LogP contribution is -2.54. The van der Waals surface area contributed by atoms with Crippen molar-refractivity contribution >= 4 is 24.2 Å². The normalized spacial score (nSPS) is 30.3. The summed E-state index contributed by atoms with van der Waals surface area (Å²) in [6.45, 7) is 13.4. The van der Waals surface area contributed by atoms with E-state index in [0.29, 0.717) is 25.9 Å². The van der Waals surface area contributed by atoms with Crippen LogP contribution in [-0.4, -0.2) is 63.6 Å². The standard InChI is InChI=1S/C26H47N5O6/c1-23(2)9-17(29-21(34)36-7)11-25(5,13-23)15-27-19(32)31-20(33)28-16-26(6)12-18(30-22(35)37-8)10-24(3,4)14-26/h17-18H,9-16H2,1-8H3,(H,29,34)(H,30,35)(H3,27,28,31,32,33). The lowest BCUT2D eigenvalue weighted by Gasteiger charge is -2.46. The Morgan fingerprint density at radius 1 is 0.649 bits per heavy atom. The molecule has 0 aliphatic heterocycles. The first-order valence-corrected chi connectivity index (χ1v) is 13.0. The van der Waals surface area contributed by atoms with E-state index in [9.17, 15) is 19.2 Å². The first-order chi connectivity index (χ1) is 17.0. The molecule has 11 heteroatoms. The van der Waals surface area contributed by atoms with Gasteiger partial charge in [-0.05, 0) is 60.2 Å². The van der Waals surface area contributed by atoms with Crippen LogP contribution in [0, 0.1) is 21.7 Å². The second-order valence-electron chi connectivity index (χ2n) is 13.3. The van der Waals surface area contributed by atoms with Crippen molar-refractivity contribution in [3.05, 3.63) is 0 Å². The first kappa shape index (κ1) is 30.5. The summed E-state index contributed by atoms with van der Waals surface area (Å²) in [4.78, 5) is 48.5. The lowest BCUT2D eigenvalue weighted by atomic mass is 9.62. The zero-order chi connectivity index (χ0) is 28.1. The molecule has 0 aromatic heterocycles. The van der Waals surface area contributed by atoms with E-state index in [0.717, 1.165) is 25.7 Å². The average molecular weight is 526 g/mol. The Kier molecular flexibility index (Phi) is 9.70. The SMILES string of the molecule is COC(=O)NC1CC(C)(C)CC(C)(CNC(=O)NC(=O)NCC2(C)CC(NC(=O)OC)CC(C)(C)C2)C1. The highest BCUT2D eigenvalue weighted by atomic mass is 16.5. The van der Waals surface area contributed by atoms with Crippen LogP contribution in [-0.2, 0) is 9.47 Å². The smallest absolute Gasteiger partial charge is 0.407 e. The van der Waals surface area contributed by atoms with E-state index in [1.807, 2.05) is 0 Å². The quantitative estimate of drug-likeness (QED) is 0.356. The van der Waals surface area contributed by atoms with Crippen LogP contribution in [0.4, 0.5) is 19.2 Å². The zero-order valence-corrected chi connectivity index (χ0v) is 23.8. The van der Waals surface area contributed by atoms with Crippen molar-refractivity contribution in [1.82, 2.24) is 26.6 Å². The second kappa shape index (κ2) is 11.8. The van der Waals surface area contributed by atoms with Crippen molar-refractivity contribution in [1.29, 1.82) is 0 Å². The third kappa shape index (κ3) is 9.92. The number of hydrogen-bond donors (Lipinski definition) is 5. The Morgan fingerprint density at radius 3 is 1.32 bits per heavy atom. The van der Waals surface area contributed by atoms with Crippen LogP contribution < -0.4 is 26.6 Å². The number of hydrogen-bond acceptors (Lipinski definition) is 6. The number of carbonyl (C=O) groups is 4. The van der Waals surface area contributed by atoms with Crippen molar-refractivity contribution in [2.45, 2.75) is 92.2 Å². The van der Waals surface area contributed by atoms with Crippen LogP contribution in [0.15, 0.2) is 0 Å². The molecule has 4 atom stereocenters. The number of rotatable bonds is 6. The fourth-order valence-corrected chi connectivity index (χ4v) is 6.97. The van der Waals surface area contributed by atoms with Crippen LogP contribution in [0.2, 0.25) is 0 Å². The van der Waals surface area contributed by atoms with Gasteiger partial charge in [-0.2, -0.15) is 0 Å². The highest BCUT2D eigenvalue weighted by Gasteiger charge is 2.43. The molecule has 37 heavy (non-hydrogen) atoms. The van der Waals surface area contributed by atoms with E-state index in [1.165, 1.54) is 14.2 Å². The molecule has 2 fully saturated rings. The fraction of sp³-hybridized carbons (Fsp3) is 0.846. The summed E-state index contributed by atoms with van der Waals surface area (Å²) in [5, 5.41) is 13.8. The number of ether oxygens (including phenoxy) is 2. The van der Waals surface area contributed by atoms with Crippen molar-refractivity contribution in [3.8, 4) is 0 Å². The molecular weight excluding hydrogens is 478 g/mol. The average Bonchev–Trinajstić information content (AvgIpc) is 2.73. The second-order valence-corrected chi connectivity index (χ2v) is 13.3. The predicted octanol–water partition coefficient (Wildman–Crippen LogP) is 3.88. The Morgan fingerprint density at radius 2 is 1.00 bits per heavy atom. The molecule has 0 spiro atoms. The maximum absolute atomic E-state index is 12.5. The van der Waals surface area contributed by atoms with Gasteiger partial charge in [0.05, 0.1) is 14.2 Å². The molecule has 0 radical (unpaired) electrons. The number of urea groups is 2. The van der Waals surface area contributed by atoms with E-state index >= 15 is 0 Å². The molecule has 6 amide bonds. The number of methoxy groups -OCH3 is 2. The van der Waals surface area contributed by atoms with Crippen molar-refractivity contribution in [3.63, 3.8) is 0 Å². The van der Waals surface area contributed by atoms with E-state index in [4.69, 9.17) is 9.47 Å². The van der Waals surface area contributed by atoms with Gasteiger partial charge in [-0.15, -0.1) is 0 Å². The minimum atomic E-state index is -0.570. The molecule has 0 aromatic carbocycles. The highest BCUT2D eigenvalue weighted by molar-refractivity contribution is 5.93. The monoisotopic (exact) mass is 525 g/mol. The minimum Gasteiger partial charge on any atom is -0.453 e. The minimum absolute atomic E-state index is 0.0297. The van der Waals surface area contributed by atoms with E-state index < -0.39 is 24.2 Å². The molecule has 0 bridgehead atoms. The molecule has 0 aromatic rings. The van der Waals surface area contributed by atoms with E-state index in [-0.39, 0.29) is 33.7 Å². The Balaban J connectivity index is 1.86. The van der Waals surface area contributed by atoms with Gasteiger partial charge in [0.15, 0.2) is 0 Å². The molecule has 2 aliphatic carbocycles. The molecule has 0 saturated heterocycles. The zero-order valence-electron chi connectivity index (χ0n) is 23.8. The molecule has 4 unspecified atom stereocenters. The van der Waals surface area contributed by atoms with Gasteiger partial charge in [0.25, 0.3) is 0 Å². The summed E-state index contributed by atoms with van der Waals surface area (Å²) in [5.74, 6) is 0. The summed E-state index contributed by atoms with van der Waals surface area (Å²) in [6.07, 6.45) is 3.81. The first-order valence-electron chi connectivity index (χ1n) is 13.0. The molecule has 5 N–H and O–H groups in total. The number of imide groups is 1. The van der Waals surface area contributed by atoms with Gasteiger partial charge in [0.1, 0.15) is 0 Å². The Labute approximate surface area is 220 Å². The van der Waals surface area contributed by atoms with Crippen molar-refractivity contribution in [2.75, 3.05) is 27.3 Å². The molecule has 11 nitrogen and oxygen atoms in total. The Hall–Kier alpha value is -2.72. The maximum atomic E-state index is 12.5. The van der Waals surface area contributed by atoms with E-state index in [1.54, 1.807) is 0 Å². The summed E-state index contributed by atoms with van der Waals surface area (Å²) >= 11 is 0. The van der Waals surface area contributed by atoms with Gasteiger partial charge in [0, 0.05) is 25.2 Å². The number of alkyl carbamates (subject to hydrolysis) is 2. The highest BCUT2D eigenvalue weighted by Crippen LogP contribution is 2.46. The topological polar surface area (TPSA) is 147 Å². The van der Waals surface area contributed by atoms with Gasteiger partial charge >= 0.3 is 24.2 Å². The number of carbonyl (C=O) groups excluding carboxylic acids is 4. The largest absolute Gasteiger partial charge is 0.453 e. The van der Waals surface area contributed by atoms with E-state index in [2.05, 4.69) is 68.1 Å². The van der Waals surface area contributed by atoms with Gasteiger partial charge in [-0.25, -0.2) is 19.2 Å². The molecule has 0 heterocycles. The molecule has 2 saturated carbocycles. The van der Waals surface area contributed by atoms with Crippen LogP contribution in [0.1, 0.15) is 80.1 Å². The maximum Gasteiger partial charge on any atom is 0.407 e. The van der Waals surface area contributed by atoms with Gasteiger partial charge in [-0.1, -0.05) is 41.5 Å². The predicted molar refractivity (Wildman–Crippen MR) is 140 cm³/mol. The molecule has 2 aliphatic rings. The molecule has 2 rings (SSSR count). The van der Waals surface area contributed by atoms with Gasteiger partial charge in [-0.3, -0.25) is 5.32 Å². The summed E-state index contributed by atoms with van der Waals surface area (Å²) < 4.78 is 9.49.